The van der Waals surface area contributed by atoms with Crippen molar-refractivity contribution in [2.75, 3.05) is 9.80 Å². The van der Waals surface area contributed by atoms with Gasteiger partial charge >= 0.3 is 0 Å². The molecule has 0 N–H and O–H groups in total. The second-order valence-corrected chi connectivity index (χ2v) is 10.6. The van der Waals surface area contributed by atoms with Crippen LogP contribution in [0.25, 0.3) is 33.0 Å². The number of rotatable bonds is 6. The Bertz CT molecular complexity index is 4340. The van der Waals surface area contributed by atoms with Gasteiger partial charge in [-0.15, -0.1) is 0 Å². The SMILES string of the molecule is [2H]c1cc(N(c2c([2H])c([2H])c([2H])c([2H])c2[2H])c2c([2H])c([2H])c([2H])c([2H])c2[2H])c([2H])c([2H])c1-c1c([2H])c([2H])c2c([2H])c([2H])c([2H])c([2H])c2c1N1c2c([2H])c([2H])c([2H])c([2H])c2C(C([2H])([2H])[2H])(C([2H])([2H])[2H])c2c([2H])c(-c3c([2H])c([2H])c([2H])c([2H])c3[2H])c([2H])c([2H])c21. The van der Waals surface area contributed by atoms with Crippen LogP contribution in [0.15, 0.2) is 193 Å². The zero-order valence-electron chi connectivity index (χ0n) is 62.5. The summed E-state index contributed by atoms with van der Waals surface area (Å²) in [6.45, 7) is -8.53. The quantitative estimate of drug-likeness (QED) is 0.171. The lowest BCUT2D eigenvalue weighted by atomic mass is 9.72. The largest absolute Gasteiger partial charge is 0.311 e. The van der Waals surface area contributed by atoms with Gasteiger partial charge in [0.05, 0.1) is 59.6 Å². The summed E-state index contributed by atoms with van der Waals surface area (Å²) in [4.78, 5) is 0.694. The van der Waals surface area contributed by atoms with Gasteiger partial charge in [-0.05, 0) is 87.6 Å². The van der Waals surface area contributed by atoms with Gasteiger partial charge in [-0.2, -0.15) is 0 Å². The minimum Gasteiger partial charge on any atom is -0.311 e. The van der Waals surface area contributed by atoms with Crippen molar-refractivity contribution >= 4 is 44.9 Å². The molecule has 0 atom stereocenters. The molecule has 1 heterocycles. The van der Waals surface area contributed by atoms with Gasteiger partial charge in [0.25, 0.3) is 0 Å². The molecule has 2 heteroatoms. The first-order chi connectivity index (χ1) is 40.5. The molecule has 8 aromatic rings. The van der Waals surface area contributed by atoms with Crippen LogP contribution in [0.4, 0.5) is 34.1 Å². The molecule has 0 spiro atoms. The minimum absolute atomic E-state index is 0.306. The highest BCUT2D eigenvalue weighted by molar-refractivity contribution is 6.07. The fraction of sp³-hybridized carbons (Fsp3) is 0.0612. The molecule has 2 nitrogen and oxygen atoms in total. The van der Waals surface area contributed by atoms with Crippen LogP contribution in [0.3, 0.4) is 0 Å². The van der Waals surface area contributed by atoms with E-state index in [4.69, 9.17) is 27.4 Å². The van der Waals surface area contributed by atoms with Crippen molar-refractivity contribution in [3.8, 4) is 22.3 Å². The van der Waals surface area contributed by atoms with E-state index in [2.05, 4.69) is 0 Å². The number of hydrogen-bond donors (Lipinski definition) is 0. The van der Waals surface area contributed by atoms with Crippen LogP contribution in [-0.2, 0) is 5.41 Å². The van der Waals surface area contributed by atoms with Crippen molar-refractivity contribution < 1.29 is 50.7 Å². The highest BCUT2D eigenvalue weighted by Gasteiger charge is 2.38. The third kappa shape index (κ3) is 5.28. The van der Waals surface area contributed by atoms with E-state index in [1.165, 1.54) is 0 Å². The molecule has 0 unspecified atom stereocenters. The molecule has 8 aromatic carbocycles. The fourth-order valence-electron chi connectivity index (χ4n) is 5.50. The molecule has 0 aromatic heterocycles. The first kappa shape index (κ1) is 10.6. The Morgan fingerprint density at radius 3 is 1.86 bits per heavy atom. The van der Waals surface area contributed by atoms with Crippen LogP contribution in [0.5, 0.6) is 0 Å². The topological polar surface area (TPSA) is 6.48 Å². The Kier molecular flexibility index (Phi) is 2.59. The lowest BCUT2D eigenvalue weighted by molar-refractivity contribution is 0.632. The molecule has 0 fully saturated rings. The molecule has 0 saturated heterocycles. The summed E-state index contributed by atoms with van der Waals surface area (Å²) >= 11 is 0. The van der Waals surface area contributed by atoms with Gasteiger partial charge in [0, 0.05) is 41.7 Å². The van der Waals surface area contributed by atoms with Crippen molar-refractivity contribution in [3.63, 3.8) is 0 Å². The zero-order valence-corrected chi connectivity index (χ0v) is 25.5. The zero-order chi connectivity index (χ0) is 66.3. The lowest BCUT2D eigenvalue weighted by Crippen LogP contribution is -2.31. The summed E-state index contributed by atoms with van der Waals surface area (Å²) in [6, 6.07) is -37.4. The second kappa shape index (κ2) is 12.5. The maximum Gasteiger partial charge on any atom is 0.0645 e. The molecule has 0 radical (unpaired) electrons. The van der Waals surface area contributed by atoms with E-state index in [1.54, 1.807) is 0 Å². The maximum atomic E-state index is 9.99. The van der Waals surface area contributed by atoms with Gasteiger partial charge in [0.1, 0.15) is 0 Å². The molecule has 0 amide bonds. The fourth-order valence-corrected chi connectivity index (χ4v) is 5.50. The predicted molar refractivity (Wildman–Crippen MR) is 216 cm³/mol. The average molecular weight is 692 g/mol. The first-order valence-corrected chi connectivity index (χ1v) is 14.7. The molecule has 1 aliphatic rings. The third-order valence-corrected chi connectivity index (χ3v) is 7.69. The molecular formula is C49H38N2. The lowest BCUT2D eigenvalue weighted by Gasteiger charge is -2.43. The van der Waals surface area contributed by atoms with E-state index >= 15 is 0 Å². The Morgan fingerprint density at radius 2 is 1.12 bits per heavy atom. The van der Waals surface area contributed by atoms with Gasteiger partial charge in [-0.3, -0.25) is 0 Å². The summed E-state index contributed by atoms with van der Waals surface area (Å²) in [6.07, 6.45) is 0. The van der Waals surface area contributed by atoms with E-state index in [1.807, 2.05) is 0 Å². The molecule has 1 aliphatic heterocycles. The third-order valence-electron chi connectivity index (χ3n) is 7.69. The van der Waals surface area contributed by atoms with E-state index in [9.17, 15) is 23.3 Å². The highest BCUT2D eigenvalue weighted by Crippen LogP contribution is 2.55. The van der Waals surface area contributed by atoms with E-state index in [-0.39, 0.29) is 0 Å². The van der Waals surface area contributed by atoms with E-state index in [0.29, 0.717) is 15.9 Å². The number of fused-ring (bicyclic) bond motifs is 3. The standard InChI is InChI=1S/C49H38N2/c1-49(2)44-24-14-15-25-46(44)51(47-33-29-38(34-45(47)49)35-16-6-3-7-17-35)48-42-23-13-12-18-36(42)28-32-43(48)37-26-30-41(31-27-37)50(39-19-8-4-9-20-39)40-21-10-5-11-22-40/h3-34H,1-2H3/i1D3,2D3,3D,4D,5D,6D,7D,8D,9D,10D,11D,12D,13D,14D,15D,16D,17D,18D,19D,20D,21D,22D,23D,24D,25D,26D,27D,28D,29D,30D,32D,33D,34D. The van der Waals surface area contributed by atoms with Gasteiger partial charge in [-0.1, -0.05) is 153 Å². The molecule has 9 rings (SSSR count). The van der Waals surface area contributed by atoms with Gasteiger partial charge in [0.2, 0.25) is 0 Å². The minimum atomic E-state index is -4.26. The Hall–Kier alpha value is -6.38. The monoisotopic (exact) mass is 692 g/mol. The molecular weight excluding hydrogens is 617 g/mol. The van der Waals surface area contributed by atoms with E-state index in [0.717, 1.165) is 0 Å². The second-order valence-electron chi connectivity index (χ2n) is 10.6. The summed E-state index contributed by atoms with van der Waals surface area (Å²) in [7, 11) is 0. The highest BCUT2D eigenvalue weighted by atomic mass is 15.2. The Morgan fingerprint density at radius 1 is 0.490 bits per heavy atom. The summed E-state index contributed by atoms with van der Waals surface area (Å²) in [5.74, 6) is 0. The van der Waals surface area contributed by atoms with Crippen LogP contribution < -0.4 is 9.80 Å². The summed E-state index contributed by atoms with van der Waals surface area (Å²) < 4.78 is 336. The number of benzene rings is 8. The van der Waals surface area contributed by atoms with Crippen molar-refractivity contribution in [2.24, 2.45) is 0 Å². The van der Waals surface area contributed by atoms with E-state index < -0.39 is 285 Å². The molecule has 0 aliphatic carbocycles. The summed E-state index contributed by atoms with van der Waals surface area (Å²) in [5.41, 5.74) is -19.0. The maximum absolute atomic E-state index is 9.99. The van der Waals surface area contributed by atoms with Crippen molar-refractivity contribution in [3.05, 3.63) is 205 Å². The Labute approximate surface area is 352 Å². The van der Waals surface area contributed by atoms with Gasteiger partial charge in [0.15, 0.2) is 0 Å². The van der Waals surface area contributed by atoms with Crippen LogP contribution >= 0.6 is 0 Å². The smallest absolute Gasteiger partial charge is 0.0645 e. The van der Waals surface area contributed by atoms with Crippen molar-refractivity contribution in [2.45, 2.75) is 19.1 Å². The molecule has 51 heavy (non-hydrogen) atoms. The number of anilines is 6. The first-order valence-electron chi connectivity index (χ1n) is 33.2. The number of hydrogen-bond acceptors (Lipinski definition) is 2. The van der Waals surface area contributed by atoms with Crippen molar-refractivity contribution in [1.82, 2.24) is 0 Å². The molecule has 0 bridgehead atoms. The normalized spacial score (nSPS) is 23.8. The predicted octanol–water partition coefficient (Wildman–Crippen LogP) is 13.8. The van der Waals surface area contributed by atoms with Gasteiger partial charge < -0.3 is 9.80 Å². The van der Waals surface area contributed by atoms with Gasteiger partial charge in [-0.25, -0.2) is 0 Å². The summed E-state index contributed by atoms with van der Waals surface area (Å²) in [5, 5.41) is -2.07. The number of para-hydroxylation sites is 3. The van der Waals surface area contributed by atoms with Crippen molar-refractivity contribution in [1.29, 1.82) is 0 Å². The molecule has 244 valence electrons. The number of nitrogens with zero attached hydrogens (tertiary/aromatic N) is 2. The van der Waals surface area contributed by atoms with Crippen LogP contribution in [-0.4, -0.2) is 0 Å². The molecule has 0 saturated carbocycles. The Balaban J connectivity index is 1.61. The van der Waals surface area contributed by atoms with Crippen LogP contribution in [0.1, 0.15) is 75.5 Å². The van der Waals surface area contributed by atoms with Crippen LogP contribution in [0, 0.1) is 0 Å². The van der Waals surface area contributed by atoms with Crippen LogP contribution in [0.2, 0.25) is 0 Å². The average Bonchev–Trinajstić information content (AvgIpc) is 0.662.